The fourth-order valence-corrected chi connectivity index (χ4v) is 1.68. The summed E-state index contributed by atoms with van der Waals surface area (Å²) < 4.78 is 34.8. The van der Waals surface area contributed by atoms with E-state index in [9.17, 15) is 8.42 Å². The van der Waals surface area contributed by atoms with E-state index in [0.717, 1.165) is 0 Å². The van der Waals surface area contributed by atoms with E-state index in [4.69, 9.17) is 21.9 Å². The molecule has 0 aliphatic carbocycles. The largest absolute Gasteiger partial charge is 0.495 e. The summed E-state index contributed by atoms with van der Waals surface area (Å²) in [6, 6.07) is 3.79. The van der Waals surface area contributed by atoms with E-state index in [1.165, 1.54) is 25.3 Å². The topological polar surface area (TPSA) is 63.6 Å². The summed E-state index contributed by atoms with van der Waals surface area (Å²) in [7, 11) is -2.74. The SMILES string of the molecule is COc1ccc(S(=O)(=O)O)cc1[S]. The highest BCUT2D eigenvalue weighted by atomic mass is 32.2. The molecule has 1 radical (unpaired) electrons. The molecule has 0 bridgehead atoms. The first-order valence-electron chi connectivity index (χ1n) is 3.27. The average molecular weight is 219 g/mol. The molecular formula is C7H7O4S2. The number of hydrogen-bond donors (Lipinski definition) is 1. The molecule has 0 aliphatic rings. The van der Waals surface area contributed by atoms with Gasteiger partial charge < -0.3 is 4.74 Å². The second kappa shape index (κ2) is 3.49. The van der Waals surface area contributed by atoms with E-state index >= 15 is 0 Å². The van der Waals surface area contributed by atoms with Gasteiger partial charge in [0, 0.05) is 0 Å². The van der Waals surface area contributed by atoms with Crippen molar-refractivity contribution in [1.29, 1.82) is 0 Å². The predicted octanol–water partition coefficient (Wildman–Crippen LogP) is 1.50. The quantitative estimate of drug-likeness (QED) is 0.765. The van der Waals surface area contributed by atoms with Gasteiger partial charge in [0.25, 0.3) is 10.1 Å². The second-order valence-electron chi connectivity index (χ2n) is 2.29. The van der Waals surface area contributed by atoms with Crippen molar-refractivity contribution in [2.45, 2.75) is 9.79 Å². The molecule has 0 fully saturated rings. The van der Waals surface area contributed by atoms with Crippen LogP contribution in [0.5, 0.6) is 5.75 Å². The van der Waals surface area contributed by atoms with E-state index in [-0.39, 0.29) is 9.79 Å². The Balaban J connectivity index is 3.26. The second-order valence-corrected chi connectivity index (χ2v) is 4.15. The van der Waals surface area contributed by atoms with Crippen molar-refractivity contribution in [1.82, 2.24) is 0 Å². The number of rotatable bonds is 2. The van der Waals surface area contributed by atoms with Gasteiger partial charge in [-0.1, -0.05) is 12.6 Å². The van der Waals surface area contributed by atoms with Crippen LogP contribution in [-0.4, -0.2) is 20.1 Å². The summed E-state index contributed by atoms with van der Waals surface area (Å²) in [6.45, 7) is 0. The van der Waals surface area contributed by atoms with Crippen LogP contribution in [0, 0.1) is 0 Å². The molecule has 4 nitrogen and oxygen atoms in total. The summed E-state index contributed by atoms with van der Waals surface area (Å²) in [5.41, 5.74) is 0. The number of benzene rings is 1. The maximum atomic E-state index is 10.7. The van der Waals surface area contributed by atoms with Gasteiger partial charge in [-0.3, -0.25) is 4.55 Å². The van der Waals surface area contributed by atoms with Crippen LogP contribution in [0.1, 0.15) is 0 Å². The molecule has 0 atom stereocenters. The van der Waals surface area contributed by atoms with Crippen molar-refractivity contribution in [3.8, 4) is 5.75 Å². The van der Waals surface area contributed by atoms with E-state index in [1.54, 1.807) is 0 Å². The lowest BCUT2D eigenvalue weighted by Crippen LogP contribution is -1.98. The Labute approximate surface area is 81.7 Å². The Hall–Kier alpha value is -0.850. The summed E-state index contributed by atoms with van der Waals surface area (Å²) in [5, 5.41) is 0. The molecule has 0 heterocycles. The molecule has 0 saturated carbocycles. The average Bonchev–Trinajstić information content (AvgIpc) is 2.02. The number of hydrogen-bond acceptors (Lipinski definition) is 3. The summed E-state index contributed by atoms with van der Waals surface area (Å²) in [4.78, 5) is 0.0240. The maximum absolute atomic E-state index is 10.7. The third kappa shape index (κ3) is 2.30. The van der Waals surface area contributed by atoms with Gasteiger partial charge in [0.1, 0.15) is 5.75 Å². The molecule has 0 unspecified atom stereocenters. The molecule has 6 heteroatoms. The number of ether oxygens (including phenoxy) is 1. The predicted molar refractivity (Wildman–Crippen MR) is 48.7 cm³/mol. The Morgan fingerprint density at radius 1 is 1.46 bits per heavy atom. The van der Waals surface area contributed by atoms with Gasteiger partial charge in [-0.15, -0.1) is 0 Å². The highest BCUT2D eigenvalue weighted by Crippen LogP contribution is 2.24. The van der Waals surface area contributed by atoms with Crippen LogP contribution in [0.15, 0.2) is 28.0 Å². The fraction of sp³-hybridized carbons (Fsp3) is 0.143. The normalized spacial score (nSPS) is 11.2. The molecule has 0 aliphatic heterocycles. The van der Waals surface area contributed by atoms with E-state index in [1.807, 2.05) is 0 Å². The zero-order chi connectivity index (χ0) is 10.1. The van der Waals surface area contributed by atoms with Crippen LogP contribution in [0.3, 0.4) is 0 Å². The standard InChI is InChI=1S/C7H7O4S2/c1-11-6-3-2-5(4-7(6)12)13(8,9)10/h2-4H,1H3,(H,8,9,10). The van der Waals surface area contributed by atoms with Crippen molar-refractivity contribution < 1.29 is 17.7 Å². The minimum absolute atomic E-state index is 0.224. The molecule has 1 N–H and O–H groups in total. The minimum atomic E-state index is -4.17. The third-order valence-corrected chi connectivity index (χ3v) is 2.60. The first kappa shape index (κ1) is 10.2. The lowest BCUT2D eigenvalue weighted by Gasteiger charge is -2.03. The first-order valence-corrected chi connectivity index (χ1v) is 5.12. The zero-order valence-corrected chi connectivity index (χ0v) is 8.35. The van der Waals surface area contributed by atoms with Crippen LogP contribution in [0.25, 0.3) is 0 Å². The molecule has 71 valence electrons. The van der Waals surface area contributed by atoms with Crippen molar-refractivity contribution in [2.75, 3.05) is 7.11 Å². The Kier molecular flexibility index (Phi) is 2.74. The van der Waals surface area contributed by atoms with Gasteiger partial charge in [0.05, 0.1) is 16.9 Å². The summed E-state index contributed by atoms with van der Waals surface area (Å²) in [6.07, 6.45) is 0. The monoisotopic (exact) mass is 219 g/mol. The van der Waals surface area contributed by atoms with Gasteiger partial charge in [0.15, 0.2) is 0 Å². The van der Waals surface area contributed by atoms with Crippen LogP contribution < -0.4 is 4.74 Å². The molecule has 1 aromatic rings. The molecule has 0 spiro atoms. The van der Waals surface area contributed by atoms with Crippen LogP contribution in [-0.2, 0) is 10.1 Å². The van der Waals surface area contributed by atoms with Gasteiger partial charge in [0.2, 0.25) is 0 Å². The van der Waals surface area contributed by atoms with Crippen molar-refractivity contribution >= 4 is 22.7 Å². The summed E-state index contributed by atoms with van der Waals surface area (Å²) in [5.74, 6) is 0.405. The van der Waals surface area contributed by atoms with Gasteiger partial charge in [-0.05, 0) is 18.2 Å². The van der Waals surface area contributed by atoms with E-state index in [0.29, 0.717) is 5.75 Å². The van der Waals surface area contributed by atoms with E-state index in [2.05, 4.69) is 0 Å². The molecule has 0 aromatic heterocycles. The maximum Gasteiger partial charge on any atom is 0.294 e. The van der Waals surface area contributed by atoms with Gasteiger partial charge in [-0.25, -0.2) is 0 Å². The smallest absolute Gasteiger partial charge is 0.294 e. The number of methoxy groups -OCH3 is 1. The lowest BCUT2D eigenvalue weighted by molar-refractivity contribution is 0.404. The van der Waals surface area contributed by atoms with Crippen molar-refractivity contribution in [3.63, 3.8) is 0 Å². The van der Waals surface area contributed by atoms with Gasteiger partial charge >= 0.3 is 0 Å². The van der Waals surface area contributed by atoms with Crippen LogP contribution >= 0.6 is 12.6 Å². The van der Waals surface area contributed by atoms with Crippen LogP contribution in [0.2, 0.25) is 0 Å². The summed E-state index contributed by atoms with van der Waals surface area (Å²) >= 11 is 4.81. The molecule has 13 heavy (non-hydrogen) atoms. The van der Waals surface area contributed by atoms with Gasteiger partial charge in [-0.2, -0.15) is 8.42 Å². The molecule has 0 saturated heterocycles. The van der Waals surface area contributed by atoms with Crippen molar-refractivity contribution in [3.05, 3.63) is 18.2 Å². The Bertz CT molecular complexity index is 411. The molecule has 1 aromatic carbocycles. The third-order valence-electron chi connectivity index (χ3n) is 1.43. The zero-order valence-electron chi connectivity index (χ0n) is 6.72. The minimum Gasteiger partial charge on any atom is -0.495 e. The highest BCUT2D eigenvalue weighted by Gasteiger charge is 2.11. The molecular weight excluding hydrogens is 212 g/mol. The first-order chi connectivity index (χ1) is 5.95. The lowest BCUT2D eigenvalue weighted by atomic mass is 10.3. The Morgan fingerprint density at radius 2 is 2.08 bits per heavy atom. The fourth-order valence-electron chi connectivity index (χ4n) is 0.817. The molecule has 1 rings (SSSR count). The highest BCUT2D eigenvalue weighted by molar-refractivity contribution is 7.86. The van der Waals surface area contributed by atoms with Crippen molar-refractivity contribution in [2.24, 2.45) is 0 Å². The van der Waals surface area contributed by atoms with Crippen LogP contribution in [0.4, 0.5) is 0 Å². The van der Waals surface area contributed by atoms with E-state index < -0.39 is 10.1 Å². The Morgan fingerprint density at radius 3 is 2.46 bits per heavy atom. The molecule has 0 amide bonds.